The van der Waals surface area contributed by atoms with Gasteiger partial charge in [-0.05, 0) is 53.6 Å². The van der Waals surface area contributed by atoms with Crippen molar-refractivity contribution in [1.29, 1.82) is 0 Å². The fraction of sp³-hybridized carbons (Fsp3) is 0. The molecule has 0 amide bonds. The topological polar surface area (TPSA) is 64.5 Å². The molecule has 4 heterocycles. The number of fused-ring (bicyclic) bond motifs is 4. The molecule has 0 N–H and O–H groups in total. The van der Waals surface area contributed by atoms with Crippen LogP contribution in [-0.4, -0.2) is 24.9 Å². The van der Waals surface area contributed by atoms with Gasteiger partial charge >= 0.3 is 0 Å². The lowest BCUT2D eigenvalue weighted by Crippen LogP contribution is -2.00. The van der Waals surface area contributed by atoms with Gasteiger partial charge in [0.1, 0.15) is 4.83 Å². The highest BCUT2D eigenvalue weighted by atomic mass is 32.1. The third-order valence-corrected chi connectivity index (χ3v) is 9.46. The minimum Gasteiger partial charge on any atom is -0.256 e. The summed E-state index contributed by atoms with van der Waals surface area (Å²) in [6.45, 7) is 0. The lowest BCUT2D eigenvalue weighted by molar-refractivity contribution is 1.07. The van der Waals surface area contributed by atoms with Crippen molar-refractivity contribution in [3.8, 4) is 56.5 Å². The van der Waals surface area contributed by atoms with E-state index in [-0.39, 0.29) is 0 Å². The van der Waals surface area contributed by atoms with E-state index in [0.717, 1.165) is 54.8 Å². The van der Waals surface area contributed by atoms with Gasteiger partial charge in [-0.25, -0.2) is 19.9 Å². The third-order valence-electron chi connectivity index (χ3n) is 8.38. The van der Waals surface area contributed by atoms with Crippen LogP contribution in [0.5, 0.6) is 0 Å². The summed E-state index contributed by atoms with van der Waals surface area (Å²) >= 11 is 1.72. The number of aromatic nitrogens is 5. The highest BCUT2D eigenvalue weighted by Gasteiger charge is 2.16. The van der Waals surface area contributed by atoms with Crippen molar-refractivity contribution in [2.24, 2.45) is 0 Å². The SMILES string of the molecule is c1ccc(-c2nc(-c3ccccc3)nc(-c3cccc(-c4cc(-c5ccc6c(n5)sc5ccccc56)c5ncccc5c4)c3)n2)cc1. The van der Waals surface area contributed by atoms with Crippen LogP contribution in [0.2, 0.25) is 0 Å². The molecule has 0 atom stereocenters. The summed E-state index contributed by atoms with van der Waals surface area (Å²) in [7, 11) is 0. The molecule has 0 aliphatic heterocycles. The summed E-state index contributed by atoms with van der Waals surface area (Å²) in [4.78, 5) is 25.8. The molecule has 0 radical (unpaired) electrons. The average Bonchev–Trinajstić information content (AvgIpc) is 3.53. The molecule has 0 saturated heterocycles. The van der Waals surface area contributed by atoms with Crippen molar-refractivity contribution in [3.63, 3.8) is 0 Å². The van der Waals surface area contributed by atoms with Gasteiger partial charge in [-0.2, -0.15) is 0 Å². The van der Waals surface area contributed by atoms with E-state index in [2.05, 4.69) is 78.9 Å². The molecule has 9 aromatic rings. The molecule has 0 aliphatic carbocycles. The van der Waals surface area contributed by atoms with Crippen LogP contribution in [0.15, 0.2) is 152 Å². The fourth-order valence-electron chi connectivity index (χ4n) is 6.09. The Labute approximate surface area is 275 Å². The van der Waals surface area contributed by atoms with Crippen LogP contribution >= 0.6 is 11.3 Å². The van der Waals surface area contributed by atoms with Crippen LogP contribution in [-0.2, 0) is 0 Å². The number of rotatable bonds is 5. The number of benzene rings is 5. The van der Waals surface area contributed by atoms with E-state index in [0.29, 0.717) is 17.5 Å². The molecule has 6 heteroatoms. The molecule has 220 valence electrons. The predicted molar refractivity (Wildman–Crippen MR) is 193 cm³/mol. The number of hydrogen-bond donors (Lipinski definition) is 0. The molecule has 5 aromatic carbocycles. The summed E-state index contributed by atoms with van der Waals surface area (Å²) in [6.07, 6.45) is 1.85. The Hall–Kier alpha value is -6.11. The van der Waals surface area contributed by atoms with Crippen molar-refractivity contribution in [3.05, 3.63) is 152 Å². The molecule has 4 aromatic heterocycles. The Kier molecular flexibility index (Phi) is 6.58. The van der Waals surface area contributed by atoms with Crippen LogP contribution < -0.4 is 0 Å². The van der Waals surface area contributed by atoms with Gasteiger partial charge in [-0.1, -0.05) is 103 Å². The Morgan fingerprint density at radius 3 is 1.85 bits per heavy atom. The quantitative estimate of drug-likeness (QED) is 0.192. The van der Waals surface area contributed by atoms with Gasteiger partial charge in [0.2, 0.25) is 0 Å². The van der Waals surface area contributed by atoms with E-state index in [4.69, 9.17) is 24.9 Å². The van der Waals surface area contributed by atoms with Crippen LogP contribution in [0, 0.1) is 0 Å². The van der Waals surface area contributed by atoms with Gasteiger partial charge in [-0.15, -0.1) is 11.3 Å². The second kappa shape index (κ2) is 11.4. The van der Waals surface area contributed by atoms with Crippen molar-refractivity contribution in [2.45, 2.75) is 0 Å². The molecule has 47 heavy (non-hydrogen) atoms. The molecule has 0 fully saturated rings. The second-order valence-electron chi connectivity index (χ2n) is 11.4. The molecule has 0 spiro atoms. The summed E-state index contributed by atoms with van der Waals surface area (Å²) in [5.74, 6) is 1.90. The van der Waals surface area contributed by atoms with Gasteiger partial charge in [0.25, 0.3) is 0 Å². The maximum absolute atomic E-state index is 5.16. The second-order valence-corrected chi connectivity index (χ2v) is 12.4. The first kappa shape index (κ1) is 27.2. The number of pyridine rings is 2. The van der Waals surface area contributed by atoms with Gasteiger partial charge in [0, 0.05) is 49.3 Å². The average molecular weight is 620 g/mol. The lowest BCUT2D eigenvalue weighted by Gasteiger charge is -2.12. The zero-order valence-electron chi connectivity index (χ0n) is 25.1. The van der Waals surface area contributed by atoms with Crippen molar-refractivity contribution in [2.75, 3.05) is 0 Å². The van der Waals surface area contributed by atoms with E-state index < -0.39 is 0 Å². The van der Waals surface area contributed by atoms with Crippen LogP contribution in [0.1, 0.15) is 0 Å². The van der Waals surface area contributed by atoms with Crippen molar-refractivity contribution < 1.29 is 0 Å². The Bertz CT molecular complexity index is 2520. The van der Waals surface area contributed by atoms with E-state index in [1.165, 1.54) is 15.5 Å². The lowest BCUT2D eigenvalue weighted by atomic mass is 9.96. The summed E-state index contributed by atoms with van der Waals surface area (Å²) < 4.78 is 1.24. The maximum Gasteiger partial charge on any atom is 0.164 e. The van der Waals surface area contributed by atoms with E-state index >= 15 is 0 Å². The fourth-order valence-corrected chi connectivity index (χ4v) is 7.16. The smallest absolute Gasteiger partial charge is 0.164 e. The summed E-state index contributed by atoms with van der Waals surface area (Å²) in [5, 5.41) is 3.48. The molecule has 0 unspecified atom stereocenters. The molecular weight excluding hydrogens is 595 g/mol. The van der Waals surface area contributed by atoms with Gasteiger partial charge in [-0.3, -0.25) is 4.98 Å². The van der Waals surface area contributed by atoms with E-state index in [9.17, 15) is 0 Å². The zero-order valence-corrected chi connectivity index (χ0v) is 25.9. The Morgan fingerprint density at radius 1 is 0.426 bits per heavy atom. The Morgan fingerprint density at radius 2 is 1.09 bits per heavy atom. The minimum absolute atomic E-state index is 0.624. The summed E-state index contributed by atoms with van der Waals surface area (Å²) in [5.41, 5.74) is 7.76. The minimum atomic E-state index is 0.624. The molecule has 0 saturated carbocycles. The molecule has 0 bridgehead atoms. The highest BCUT2D eigenvalue weighted by molar-refractivity contribution is 7.25. The highest BCUT2D eigenvalue weighted by Crippen LogP contribution is 2.37. The first-order valence-corrected chi connectivity index (χ1v) is 16.2. The maximum atomic E-state index is 5.16. The first-order chi connectivity index (χ1) is 23.3. The zero-order chi connectivity index (χ0) is 31.2. The van der Waals surface area contributed by atoms with Crippen LogP contribution in [0.25, 0.3) is 87.8 Å². The van der Waals surface area contributed by atoms with E-state index in [1.54, 1.807) is 11.3 Å². The largest absolute Gasteiger partial charge is 0.256 e. The van der Waals surface area contributed by atoms with Crippen molar-refractivity contribution >= 4 is 42.5 Å². The standard InChI is InChI=1S/C41H25N5S/c1-3-11-26(12-4-1)38-44-39(27-13-5-2-6-14-27)46-40(45-38)30-16-9-15-28(23-30)31-24-29-17-10-22-42-37(29)34(25-31)35-21-20-33-32-18-7-8-19-36(32)47-41(33)43-35/h1-25H. The molecule has 9 rings (SSSR count). The van der Waals surface area contributed by atoms with Crippen LogP contribution in [0.4, 0.5) is 0 Å². The van der Waals surface area contributed by atoms with Gasteiger partial charge in [0.05, 0.1) is 11.2 Å². The predicted octanol–water partition coefficient (Wildman–Crippen LogP) is 10.5. The number of thiophene rings is 1. The van der Waals surface area contributed by atoms with Crippen molar-refractivity contribution in [1.82, 2.24) is 24.9 Å². The summed E-state index contributed by atoms with van der Waals surface area (Å²) in [6, 6.07) is 49.8. The molecular formula is C41H25N5S. The number of nitrogens with zero attached hydrogens (tertiary/aromatic N) is 5. The Balaban J connectivity index is 1.19. The molecule has 5 nitrogen and oxygen atoms in total. The van der Waals surface area contributed by atoms with Gasteiger partial charge < -0.3 is 0 Å². The first-order valence-electron chi connectivity index (χ1n) is 15.4. The normalized spacial score (nSPS) is 11.4. The number of hydrogen-bond acceptors (Lipinski definition) is 6. The monoisotopic (exact) mass is 619 g/mol. The van der Waals surface area contributed by atoms with Gasteiger partial charge in [0.15, 0.2) is 17.5 Å². The van der Waals surface area contributed by atoms with E-state index in [1.807, 2.05) is 72.9 Å². The molecule has 0 aliphatic rings. The van der Waals surface area contributed by atoms with Crippen LogP contribution in [0.3, 0.4) is 0 Å². The third kappa shape index (κ3) is 5.01.